The lowest BCUT2D eigenvalue weighted by molar-refractivity contribution is 0.445. The van der Waals surface area contributed by atoms with Crippen LogP contribution in [0.1, 0.15) is 19.8 Å². The summed E-state index contributed by atoms with van der Waals surface area (Å²) in [6.07, 6.45) is 5.97. The van der Waals surface area contributed by atoms with Crippen molar-refractivity contribution >= 4 is 16.9 Å². The van der Waals surface area contributed by atoms with E-state index in [0.29, 0.717) is 0 Å². The van der Waals surface area contributed by atoms with Crippen molar-refractivity contribution < 1.29 is 0 Å². The molecule has 3 heterocycles. The van der Waals surface area contributed by atoms with Crippen molar-refractivity contribution in [3.05, 3.63) is 12.5 Å². The van der Waals surface area contributed by atoms with Gasteiger partial charge in [-0.1, -0.05) is 6.92 Å². The highest BCUT2D eigenvalue weighted by Gasteiger charge is 2.19. The molecule has 1 aliphatic rings. The molecule has 2 aromatic rings. The van der Waals surface area contributed by atoms with Crippen molar-refractivity contribution in [3.63, 3.8) is 0 Å². The number of hydrogen-bond acceptors (Lipinski definition) is 4. The first-order valence-electron chi connectivity index (χ1n) is 5.73. The molecular weight excluding hydrogens is 202 g/mol. The second kappa shape index (κ2) is 3.73. The van der Waals surface area contributed by atoms with Gasteiger partial charge in [-0.25, -0.2) is 9.97 Å². The van der Waals surface area contributed by atoms with Gasteiger partial charge in [-0.2, -0.15) is 5.10 Å². The van der Waals surface area contributed by atoms with Gasteiger partial charge < -0.3 is 4.90 Å². The smallest absolute Gasteiger partial charge is 0.160 e. The Hall–Kier alpha value is -1.65. The van der Waals surface area contributed by atoms with Crippen molar-refractivity contribution in [2.24, 2.45) is 5.92 Å². The number of fused-ring (bicyclic) bond motifs is 1. The number of anilines is 1. The van der Waals surface area contributed by atoms with Crippen LogP contribution in [0.3, 0.4) is 0 Å². The SMILES string of the molecule is C[C@H]1CCCN(c2ncnc3[nH]ncc23)C1. The van der Waals surface area contributed by atoms with Gasteiger partial charge in [0.15, 0.2) is 5.65 Å². The Balaban J connectivity index is 2.01. The van der Waals surface area contributed by atoms with E-state index in [1.807, 2.05) is 6.20 Å². The Kier molecular flexibility index (Phi) is 2.23. The van der Waals surface area contributed by atoms with Crippen LogP contribution in [0.2, 0.25) is 0 Å². The summed E-state index contributed by atoms with van der Waals surface area (Å²) in [5, 5.41) is 7.93. The van der Waals surface area contributed by atoms with Crippen molar-refractivity contribution in [2.45, 2.75) is 19.8 Å². The van der Waals surface area contributed by atoms with E-state index in [1.165, 1.54) is 12.8 Å². The summed E-state index contributed by atoms with van der Waals surface area (Å²) in [6, 6.07) is 0. The van der Waals surface area contributed by atoms with Gasteiger partial charge in [0.2, 0.25) is 0 Å². The molecule has 0 aromatic carbocycles. The average molecular weight is 217 g/mol. The van der Waals surface area contributed by atoms with Crippen LogP contribution in [0.5, 0.6) is 0 Å². The Morgan fingerprint density at radius 1 is 1.44 bits per heavy atom. The zero-order valence-corrected chi connectivity index (χ0v) is 9.35. The van der Waals surface area contributed by atoms with Crippen LogP contribution in [-0.2, 0) is 0 Å². The minimum Gasteiger partial charge on any atom is -0.356 e. The summed E-state index contributed by atoms with van der Waals surface area (Å²) < 4.78 is 0. The molecule has 0 bridgehead atoms. The minimum absolute atomic E-state index is 0.741. The number of aromatic amines is 1. The second-order valence-electron chi connectivity index (χ2n) is 4.52. The molecule has 0 aliphatic carbocycles. The molecule has 1 aliphatic heterocycles. The number of hydrogen-bond donors (Lipinski definition) is 1. The summed E-state index contributed by atoms with van der Waals surface area (Å²) in [5.41, 5.74) is 0.822. The molecule has 1 atom stereocenters. The van der Waals surface area contributed by atoms with Gasteiger partial charge in [-0.3, -0.25) is 5.10 Å². The third-order valence-electron chi connectivity index (χ3n) is 3.18. The number of nitrogens with one attached hydrogen (secondary N) is 1. The maximum atomic E-state index is 4.39. The maximum Gasteiger partial charge on any atom is 0.160 e. The van der Waals surface area contributed by atoms with Crippen LogP contribution in [-0.4, -0.2) is 33.3 Å². The van der Waals surface area contributed by atoms with Crippen LogP contribution in [0.25, 0.3) is 11.0 Å². The Labute approximate surface area is 93.9 Å². The molecule has 0 saturated carbocycles. The molecule has 3 rings (SSSR count). The van der Waals surface area contributed by atoms with Gasteiger partial charge >= 0.3 is 0 Å². The van der Waals surface area contributed by atoms with E-state index in [-0.39, 0.29) is 0 Å². The Bertz CT molecular complexity index is 492. The molecule has 0 unspecified atom stereocenters. The molecule has 16 heavy (non-hydrogen) atoms. The van der Waals surface area contributed by atoms with E-state index >= 15 is 0 Å². The normalized spacial score (nSPS) is 21.6. The van der Waals surface area contributed by atoms with E-state index in [0.717, 1.165) is 35.9 Å². The van der Waals surface area contributed by atoms with Crippen LogP contribution in [0.15, 0.2) is 12.5 Å². The number of rotatable bonds is 1. The first-order valence-corrected chi connectivity index (χ1v) is 5.73. The highest BCUT2D eigenvalue weighted by atomic mass is 15.2. The fourth-order valence-electron chi connectivity index (χ4n) is 2.39. The third kappa shape index (κ3) is 1.52. The first-order chi connectivity index (χ1) is 7.84. The van der Waals surface area contributed by atoms with Crippen LogP contribution >= 0.6 is 0 Å². The number of H-pyrrole nitrogens is 1. The molecule has 2 aromatic heterocycles. The molecule has 1 N–H and O–H groups in total. The van der Waals surface area contributed by atoms with Crippen molar-refractivity contribution in [1.29, 1.82) is 0 Å². The standard InChI is InChI=1S/C11H15N5/c1-8-3-2-4-16(6-8)11-9-5-14-15-10(9)12-7-13-11/h5,7-8H,2-4,6H2,1H3,(H,12,13,14,15)/t8-/m0/s1. The molecule has 84 valence electrons. The predicted molar refractivity (Wildman–Crippen MR) is 62.3 cm³/mol. The fourth-order valence-corrected chi connectivity index (χ4v) is 2.39. The fraction of sp³-hybridized carbons (Fsp3) is 0.545. The Morgan fingerprint density at radius 3 is 3.25 bits per heavy atom. The van der Waals surface area contributed by atoms with E-state index in [4.69, 9.17) is 0 Å². The summed E-state index contributed by atoms with van der Waals surface area (Å²) in [5.74, 6) is 1.76. The predicted octanol–water partition coefficient (Wildman–Crippen LogP) is 1.59. The van der Waals surface area contributed by atoms with Gasteiger partial charge in [0.05, 0.1) is 11.6 Å². The van der Waals surface area contributed by atoms with E-state index in [9.17, 15) is 0 Å². The van der Waals surface area contributed by atoms with Gasteiger partial charge in [-0.15, -0.1) is 0 Å². The monoisotopic (exact) mass is 217 g/mol. The average Bonchev–Trinajstić information content (AvgIpc) is 2.76. The molecule has 1 fully saturated rings. The molecule has 1 saturated heterocycles. The van der Waals surface area contributed by atoms with Crippen molar-refractivity contribution in [1.82, 2.24) is 20.2 Å². The van der Waals surface area contributed by atoms with Crippen molar-refractivity contribution in [3.8, 4) is 0 Å². The van der Waals surface area contributed by atoms with Crippen LogP contribution < -0.4 is 4.90 Å². The van der Waals surface area contributed by atoms with Crippen LogP contribution in [0.4, 0.5) is 5.82 Å². The summed E-state index contributed by atoms with van der Waals surface area (Å²) in [6.45, 7) is 4.46. The van der Waals surface area contributed by atoms with Crippen LogP contribution in [0, 0.1) is 5.92 Å². The lowest BCUT2D eigenvalue weighted by atomic mass is 10.0. The van der Waals surface area contributed by atoms with E-state index in [1.54, 1.807) is 6.33 Å². The lowest BCUT2D eigenvalue weighted by Gasteiger charge is -2.31. The molecular formula is C11H15N5. The van der Waals surface area contributed by atoms with Gasteiger partial charge in [0, 0.05) is 13.1 Å². The highest BCUT2D eigenvalue weighted by Crippen LogP contribution is 2.25. The Morgan fingerprint density at radius 2 is 2.38 bits per heavy atom. The zero-order valence-electron chi connectivity index (χ0n) is 9.35. The van der Waals surface area contributed by atoms with Gasteiger partial charge in [0.1, 0.15) is 12.1 Å². The number of nitrogens with zero attached hydrogens (tertiary/aromatic N) is 4. The minimum atomic E-state index is 0.741. The lowest BCUT2D eigenvalue weighted by Crippen LogP contribution is -2.34. The number of aromatic nitrogens is 4. The third-order valence-corrected chi connectivity index (χ3v) is 3.18. The highest BCUT2D eigenvalue weighted by molar-refractivity contribution is 5.86. The topological polar surface area (TPSA) is 57.7 Å². The summed E-state index contributed by atoms with van der Waals surface area (Å²) in [4.78, 5) is 10.9. The molecule has 0 spiro atoms. The largest absolute Gasteiger partial charge is 0.356 e. The van der Waals surface area contributed by atoms with Gasteiger partial charge in [0.25, 0.3) is 0 Å². The summed E-state index contributed by atoms with van der Waals surface area (Å²) in [7, 11) is 0. The molecule has 5 nitrogen and oxygen atoms in total. The zero-order chi connectivity index (χ0) is 11.0. The summed E-state index contributed by atoms with van der Waals surface area (Å²) >= 11 is 0. The first kappa shape index (κ1) is 9.57. The van der Waals surface area contributed by atoms with Gasteiger partial charge in [-0.05, 0) is 18.8 Å². The quantitative estimate of drug-likeness (QED) is 0.788. The molecule has 0 amide bonds. The second-order valence-corrected chi connectivity index (χ2v) is 4.52. The maximum absolute atomic E-state index is 4.39. The van der Waals surface area contributed by atoms with Crippen molar-refractivity contribution in [2.75, 3.05) is 18.0 Å². The van der Waals surface area contributed by atoms with E-state index < -0.39 is 0 Å². The van der Waals surface area contributed by atoms with E-state index in [2.05, 4.69) is 32.0 Å². The molecule has 5 heteroatoms. The molecule has 0 radical (unpaired) electrons. The number of piperidine rings is 1.